The first-order valence-electron chi connectivity index (χ1n) is 12.3. The summed E-state index contributed by atoms with van der Waals surface area (Å²) in [6.07, 6.45) is 5.65. The number of thiazole rings is 1. The van der Waals surface area contributed by atoms with Gasteiger partial charge in [-0.1, -0.05) is 47.2 Å². The highest BCUT2D eigenvalue weighted by atomic mass is 35.5. The number of benzene rings is 2. The zero-order valence-corrected chi connectivity index (χ0v) is 21.6. The largest absolute Gasteiger partial charge is 0.454 e. The Morgan fingerprint density at radius 1 is 1.28 bits per heavy atom. The number of fused-ring (bicyclic) bond motifs is 1. The number of likely N-dealkylation sites (tertiary alicyclic amines) is 1. The molecule has 1 aromatic heterocycles. The van der Waals surface area contributed by atoms with Gasteiger partial charge in [-0.05, 0) is 61.6 Å². The van der Waals surface area contributed by atoms with Crippen molar-refractivity contribution >= 4 is 34.0 Å². The summed E-state index contributed by atoms with van der Waals surface area (Å²) in [6, 6.07) is 14.0. The molecule has 3 aromatic rings. The summed E-state index contributed by atoms with van der Waals surface area (Å²) in [5.41, 5.74) is 1.45. The van der Waals surface area contributed by atoms with Gasteiger partial charge in [0.2, 0.25) is 12.7 Å². The van der Waals surface area contributed by atoms with Crippen LogP contribution in [0.1, 0.15) is 47.7 Å². The Bertz CT molecular complexity index is 1280. The molecule has 7 nitrogen and oxygen atoms in total. The number of amides is 1. The van der Waals surface area contributed by atoms with E-state index in [4.69, 9.17) is 25.8 Å². The molecular weight excluding hydrogens is 498 g/mol. The Hall–Kier alpha value is -2.65. The van der Waals surface area contributed by atoms with Crippen LogP contribution in [0.25, 0.3) is 0 Å². The summed E-state index contributed by atoms with van der Waals surface area (Å²) in [6.45, 7) is 1.84. The van der Waals surface area contributed by atoms with E-state index in [0.29, 0.717) is 23.5 Å². The van der Waals surface area contributed by atoms with Gasteiger partial charge < -0.3 is 19.5 Å². The molecular formula is C27H28ClN3O4S. The number of rotatable bonds is 8. The van der Waals surface area contributed by atoms with Gasteiger partial charge in [-0.2, -0.15) is 0 Å². The summed E-state index contributed by atoms with van der Waals surface area (Å²) in [7, 11) is 1.75. The number of carbonyl (C=O) groups excluding carboxylic acids is 1. The second-order valence-corrected chi connectivity index (χ2v) is 11.1. The fourth-order valence-corrected chi connectivity index (χ4v) is 6.61. The van der Waals surface area contributed by atoms with Gasteiger partial charge in [0.15, 0.2) is 16.6 Å². The van der Waals surface area contributed by atoms with Crippen molar-refractivity contribution in [3.05, 3.63) is 69.7 Å². The van der Waals surface area contributed by atoms with E-state index in [2.05, 4.69) is 21.3 Å². The molecule has 1 saturated heterocycles. The normalized spacial score (nSPS) is 20.9. The molecule has 188 valence electrons. The Balaban J connectivity index is 1.26. The number of carbonyl (C=O) groups is 1. The van der Waals surface area contributed by atoms with Crippen molar-refractivity contribution in [3.8, 4) is 11.5 Å². The number of methoxy groups -OCH3 is 1. The number of nitrogens with one attached hydrogen (secondary N) is 1. The number of hydrogen-bond donors (Lipinski definition) is 1. The van der Waals surface area contributed by atoms with Crippen LogP contribution in [-0.2, 0) is 14.9 Å². The first-order valence-corrected chi connectivity index (χ1v) is 13.4. The summed E-state index contributed by atoms with van der Waals surface area (Å²) >= 11 is 8.19. The predicted molar refractivity (Wildman–Crippen MR) is 139 cm³/mol. The van der Waals surface area contributed by atoms with Gasteiger partial charge in [0, 0.05) is 29.2 Å². The third-order valence-electron chi connectivity index (χ3n) is 7.44. The van der Waals surface area contributed by atoms with Crippen molar-refractivity contribution in [2.24, 2.45) is 0 Å². The molecule has 0 bridgehead atoms. The van der Waals surface area contributed by atoms with Crippen LogP contribution < -0.4 is 14.8 Å². The van der Waals surface area contributed by atoms with Crippen LogP contribution in [0.15, 0.2) is 48.7 Å². The molecule has 0 radical (unpaired) electrons. The zero-order valence-electron chi connectivity index (χ0n) is 20.0. The van der Waals surface area contributed by atoms with Gasteiger partial charge in [0.05, 0.1) is 18.1 Å². The molecule has 3 heterocycles. The second kappa shape index (κ2) is 9.67. The molecule has 1 unspecified atom stereocenters. The van der Waals surface area contributed by atoms with Crippen molar-refractivity contribution in [2.75, 3.05) is 32.4 Å². The second-order valence-electron chi connectivity index (χ2n) is 9.59. The van der Waals surface area contributed by atoms with Crippen LogP contribution in [0, 0.1) is 0 Å². The number of anilines is 1. The van der Waals surface area contributed by atoms with Crippen LogP contribution in [0.3, 0.4) is 0 Å². The Morgan fingerprint density at radius 2 is 2.11 bits per heavy atom. The molecule has 1 aliphatic carbocycles. The van der Waals surface area contributed by atoms with Crippen molar-refractivity contribution < 1.29 is 19.0 Å². The van der Waals surface area contributed by atoms with E-state index in [0.717, 1.165) is 59.0 Å². The smallest absolute Gasteiger partial charge is 0.236 e. The zero-order chi connectivity index (χ0) is 24.7. The molecule has 0 spiro atoms. The van der Waals surface area contributed by atoms with E-state index in [1.807, 2.05) is 42.6 Å². The van der Waals surface area contributed by atoms with E-state index >= 15 is 0 Å². The van der Waals surface area contributed by atoms with Crippen molar-refractivity contribution in [2.45, 2.75) is 43.2 Å². The van der Waals surface area contributed by atoms with Gasteiger partial charge in [-0.3, -0.25) is 9.69 Å². The van der Waals surface area contributed by atoms with Gasteiger partial charge >= 0.3 is 0 Å². The van der Waals surface area contributed by atoms with E-state index in [9.17, 15) is 4.79 Å². The molecule has 2 fully saturated rings. The minimum absolute atomic E-state index is 0.0324. The summed E-state index contributed by atoms with van der Waals surface area (Å²) < 4.78 is 16.5. The average molecular weight is 526 g/mol. The fraction of sp³-hybridized carbons (Fsp3) is 0.407. The molecule has 2 aromatic carbocycles. The highest BCUT2D eigenvalue weighted by Gasteiger charge is 2.52. The fourth-order valence-electron chi connectivity index (χ4n) is 5.42. The molecule has 36 heavy (non-hydrogen) atoms. The molecule has 2 atom stereocenters. The third kappa shape index (κ3) is 4.26. The minimum Gasteiger partial charge on any atom is -0.454 e. The van der Waals surface area contributed by atoms with Crippen LogP contribution in [0.5, 0.6) is 11.5 Å². The molecule has 1 N–H and O–H groups in total. The van der Waals surface area contributed by atoms with E-state index in [1.165, 1.54) is 11.3 Å². The van der Waals surface area contributed by atoms with Gasteiger partial charge in [-0.15, -0.1) is 0 Å². The van der Waals surface area contributed by atoms with E-state index in [-0.39, 0.29) is 18.7 Å². The number of halogens is 1. The Morgan fingerprint density at radius 3 is 2.92 bits per heavy atom. The first-order chi connectivity index (χ1) is 17.6. The van der Waals surface area contributed by atoms with Crippen molar-refractivity contribution in [1.82, 2.24) is 9.88 Å². The predicted octanol–water partition coefficient (Wildman–Crippen LogP) is 5.40. The van der Waals surface area contributed by atoms with Gasteiger partial charge in [0.25, 0.3) is 0 Å². The minimum atomic E-state index is -0.548. The molecule has 1 amide bonds. The molecule has 3 aliphatic rings. The lowest BCUT2D eigenvalue weighted by molar-refractivity contribution is -0.118. The summed E-state index contributed by atoms with van der Waals surface area (Å²) in [5, 5.41) is 4.42. The molecule has 9 heteroatoms. The van der Waals surface area contributed by atoms with E-state index < -0.39 is 5.41 Å². The number of ether oxygens (including phenoxy) is 3. The molecule has 6 rings (SSSR count). The number of aromatic nitrogens is 1. The summed E-state index contributed by atoms with van der Waals surface area (Å²) in [4.78, 5) is 21.5. The first kappa shape index (κ1) is 23.7. The Labute approximate surface area is 219 Å². The maximum Gasteiger partial charge on any atom is 0.236 e. The van der Waals surface area contributed by atoms with Crippen LogP contribution in [0.4, 0.5) is 5.13 Å². The quantitative estimate of drug-likeness (QED) is 0.425. The lowest BCUT2D eigenvalue weighted by atomic mass is 9.94. The van der Waals surface area contributed by atoms with Crippen LogP contribution >= 0.6 is 22.9 Å². The van der Waals surface area contributed by atoms with Crippen molar-refractivity contribution in [3.63, 3.8) is 0 Å². The maximum absolute atomic E-state index is 13.4. The lowest BCUT2D eigenvalue weighted by Crippen LogP contribution is -2.36. The SMILES string of the molecule is COC[C@@H]1CCCN1C(c1cnc(NC(=O)C2(c3ccc4c(c3)OCO4)CC2)s1)c1ccccc1Cl. The topological polar surface area (TPSA) is 72.9 Å². The summed E-state index contributed by atoms with van der Waals surface area (Å²) in [5.74, 6) is 1.38. The standard InChI is InChI=1S/C27H28ClN3O4S/c1-33-15-18-5-4-12-31(18)24(19-6-2-3-7-20(19)28)23-14-29-26(36-23)30-25(32)27(10-11-27)17-8-9-21-22(13-17)35-16-34-21/h2-3,6-9,13-14,18,24H,4-5,10-12,15-16H2,1H3,(H,29,30,32)/t18-,24?/m0/s1. The Kier molecular flexibility index (Phi) is 6.37. The number of nitrogens with zero attached hydrogens (tertiary/aromatic N) is 2. The van der Waals surface area contributed by atoms with Gasteiger partial charge in [0.1, 0.15) is 0 Å². The monoisotopic (exact) mass is 525 g/mol. The highest BCUT2D eigenvalue weighted by molar-refractivity contribution is 7.15. The highest BCUT2D eigenvalue weighted by Crippen LogP contribution is 2.51. The van der Waals surface area contributed by atoms with Gasteiger partial charge in [-0.25, -0.2) is 4.98 Å². The average Bonchev–Trinajstić information content (AvgIpc) is 3.19. The molecule has 1 saturated carbocycles. The van der Waals surface area contributed by atoms with Crippen LogP contribution in [-0.4, -0.2) is 48.9 Å². The van der Waals surface area contributed by atoms with E-state index in [1.54, 1.807) is 7.11 Å². The third-order valence-corrected chi connectivity index (χ3v) is 8.75. The number of hydrogen-bond acceptors (Lipinski definition) is 7. The lowest BCUT2D eigenvalue weighted by Gasteiger charge is -2.32. The van der Waals surface area contributed by atoms with Crippen LogP contribution in [0.2, 0.25) is 5.02 Å². The van der Waals surface area contributed by atoms with Crippen molar-refractivity contribution in [1.29, 1.82) is 0 Å². The maximum atomic E-state index is 13.4. The molecule has 2 aliphatic heterocycles.